The summed E-state index contributed by atoms with van der Waals surface area (Å²) in [6.45, 7) is 6.55. The molecule has 3 unspecified atom stereocenters. The summed E-state index contributed by atoms with van der Waals surface area (Å²) in [5.74, 6) is 2.03. The lowest BCUT2D eigenvalue weighted by Crippen LogP contribution is -2.38. The normalized spacial score (nSPS) is 25.6. The Hall–Kier alpha value is -0.535. The zero-order valence-corrected chi connectivity index (χ0v) is 21.6. The lowest BCUT2D eigenvalue weighted by atomic mass is 9.73. The molecule has 13 nitrogen and oxygen atoms in total. The highest BCUT2D eigenvalue weighted by atomic mass is 31.3. The Balaban J connectivity index is 2.79. The van der Waals surface area contributed by atoms with Crippen molar-refractivity contribution < 1.29 is 60.7 Å². The fourth-order valence-electron chi connectivity index (χ4n) is 3.57. The molecule has 1 rings (SSSR count). The number of phosphoric acid groups is 3. The molecule has 0 spiro atoms. The van der Waals surface area contributed by atoms with Crippen molar-refractivity contribution in [3.63, 3.8) is 0 Å². The summed E-state index contributed by atoms with van der Waals surface area (Å²) in [5, 5.41) is 0. The van der Waals surface area contributed by atoms with Gasteiger partial charge in [0, 0.05) is 18.8 Å². The van der Waals surface area contributed by atoms with Crippen LogP contribution in [0.4, 0.5) is 0 Å². The van der Waals surface area contributed by atoms with Crippen molar-refractivity contribution in [1.82, 2.24) is 0 Å². The monoisotopic (exact) mass is 534 g/mol. The van der Waals surface area contributed by atoms with Crippen molar-refractivity contribution >= 4 is 37.3 Å². The number of carbonyl (C=O) groups excluding carboxylic acids is 1. The van der Waals surface area contributed by atoms with Gasteiger partial charge >= 0.3 is 29.4 Å². The Kier molecular flexibility index (Phi) is 10.2. The van der Waals surface area contributed by atoms with Gasteiger partial charge in [-0.05, 0) is 25.7 Å². The van der Waals surface area contributed by atoms with Crippen molar-refractivity contribution in [2.75, 3.05) is 6.61 Å². The van der Waals surface area contributed by atoms with Crippen LogP contribution in [-0.4, -0.2) is 58.2 Å². The SMILES string of the molecule is B[C@H]1CC(OC(=O)C(C)(C)CC(C)(C)CC#C)[C@@H](COP(=O)(O)OP(=O)(O)OP(=O)(O)O)O1. The van der Waals surface area contributed by atoms with E-state index in [-0.39, 0.29) is 11.8 Å². The quantitative estimate of drug-likeness (QED) is 0.122. The molecule has 1 saturated heterocycles. The van der Waals surface area contributed by atoms with Crippen LogP contribution in [0, 0.1) is 23.2 Å². The Bertz CT molecular complexity index is 893. The van der Waals surface area contributed by atoms with E-state index in [0.717, 1.165) is 0 Å². The van der Waals surface area contributed by atoms with Gasteiger partial charge in [0.15, 0.2) is 0 Å². The zero-order valence-electron chi connectivity index (χ0n) is 18.9. The van der Waals surface area contributed by atoms with Crippen LogP contribution >= 0.6 is 23.5 Å². The maximum atomic E-state index is 12.8. The number of hydrogen-bond acceptors (Lipinski definition) is 9. The number of ether oxygens (including phenoxy) is 2. The van der Waals surface area contributed by atoms with Gasteiger partial charge in [0.25, 0.3) is 0 Å². The zero-order chi connectivity index (χ0) is 25.9. The second kappa shape index (κ2) is 11.0. The molecular weight excluding hydrogens is 504 g/mol. The molecule has 1 aliphatic rings. The summed E-state index contributed by atoms with van der Waals surface area (Å²) in [6.07, 6.45) is 4.62. The minimum Gasteiger partial charge on any atom is -0.459 e. The van der Waals surface area contributed by atoms with Crippen LogP contribution in [0.5, 0.6) is 0 Å². The highest BCUT2D eigenvalue weighted by Crippen LogP contribution is 2.66. The van der Waals surface area contributed by atoms with E-state index in [0.29, 0.717) is 12.8 Å². The molecule has 0 aromatic heterocycles. The summed E-state index contributed by atoms with van der Waals surface area (Å²) in [5.41, 5.74) is -1.23. The van der Waals surface area contributed by atoms with Gasteiger partial charge in [0.2, 0.25) is 0 Å². The minimum absolute atomic E-state index is 0.250. The lowest BCUT2D eigenvalue weighted by Gasteiger charge is -2.33. The molecule has 0 aliphatic carbocycles. The van der Waals surface area contributed by atoms with Crippen molar-refractivity contribution in [3.8, 4) is 12.3 Å². The smallest absolute Gasteiger partial charge is 0.459 e. The van der Waals surface area contributed by atoms with Crippen LogP contribution in [0.1, 0.15) is 47.0 Å². The largest absolute Gasteiger partial charge is 0.490 e. The van der Waals surface area contributed by atoms with Crippen molar-refractivity contribution in [3.05, 3.63) is 0 Å². The van der Waals surface area contributed by atoms with E-state index in [1.165, 1.54) is 0 Å². The second-order valence-corrected chi connectivity index (χ2v) is 13.6. The molecular formula is C16H30BO13P3. The molecule has 0 amide bonds. The second-order valence-electron chi connectivity index (χ2n) is 9.16. The first-order valence-corrected chi connectivity index (χ1v) is 14.3. The first-order valence-electron chi connectivity index (χ1n) is 9.75. The number of hydrogen-bond donors (Lipinski definition) is 4. The Morgan fingerprint density at radius 3 is 2.21 bits per heavy atom. The van der Waals surface area contributed by atoms with E-state index in [1.807, 2.05) is 13.8 Å². The summed E-state index contributed by atoms with van der Waals surface area (Å²) in [6, 6.07) is -0.404. The van der Waals surface area contributed by atoms with Crippen LogP contribution in [-0.2, 0) is 41.1 Å². The number of esters is 1. The molecule has 1 aliphatic heterocycles. The Morgan fingerprint density at radius 1 is 1.12 bits per heavy atom. The van der Waals surface area contributed by atoms with Crippen molar-refractivity contribution in [2.24, 2.45) is 10.8 Å². The van der Waals surface area contributed by atoms with Crippen LogP contribution in [0.25, 0.3) is 0 Å². The van der Waals surface area contributed by atoms with E-state index >= 15 is 0 Å². The highest BCUT2D eigenvalue weighted by Gasteiger charge is 2.44. The van der Waals surface area contributed by atoms with Gasteiger partial charge in [0.05, 0.1) is 12.0 Å². The third-order valence-corrected chi connectivity index (χ3v) is 8.32. The Labute approximate surface area is 193 Å². The van der Waals surface area contributed by atoms with E-state index in [1.54, 1.807) is 21.7 Å². The molecule has 0 aromatic carbocycles. The van der Waals surface area contributed by atoms with Gasteiger partial charge < -0.3 is 29.0 Å². The fourth-order valence-corrected chi connectivity index (χ4v) is 6.60. The number of carbonyl (C=O) groups is 1. The van der Waals surface area contributed by atoms with E-state index in [2.05, 4.69) is 19.1 Å². The summed E-state index contributed by atoms with van der Waals surface area (Å²) < 4.78 is 57.1. The molecule has 0 bridgehead atoms. The van der Waals surface area contributed by atoms with Crippen molar-refractivity contribution in [1.29, 1.82) is 0 Å². The Morgan fingerprint density at radius 2 is 1.70 bits per heavy atom. The molecule has 0 saturated carbocycles. The third kappa shape index (κ3) is 11.2. The topological polar surface area (TPSA) is 195 Å². The average molecular weight is 534 g/mol. The third-order valence-electron chi connectivity index (χ3n) is 4.52. The molecule has 4 N–H and O–H groups in total. The van der Waals surface area contributed by atoms with Gasteiger partial charge in [-0.2, -0.15) is 8.62 Å². The predicted molar refractivity (Wildman–Crippen MR) is 117 cm³/mol. The van der Waals surface area contributed by atoms with Crippen LogP contribution < -0.4 is 0 Å². The standard InChI is InChI=1S/C16H30BO13P3/c1-6-7-15(2,3)10-16(4,5)14(18)28-11-8-13(17)27-12(11)9-26-32(22,23)30-33(24,25)29-31(19,20)21/h1,11-13H,7-10,17H2,2-5H3,(H,22,23)(H,24,25)(H2,19,20,21)/t11?,12-,13-/m1/s1. The molecule has 1 heterocycles. The molecule has 17 heteroatoms. The predicted octanol–water partition coefficient (Wildman–Crippen LogP) is 1.46. The molecule has 0 radical (unpaired) electrons. The van der Waals surface area contributed by atoms with Gasteiger partial charge in [-0.1, -0.05) is 13.8 Å². The lowest BCUT2D eigenvalue weighted by molar-refractivity contribution is -0.164. The molecule has 33 heavy (non-hydrogen) atoms. The maximum Gasteiger partial charge on any atom is 0.490 e. The van der Waals surface area contributed by atoms with E-state index in [9.17, 15) is 28.3 Å². The van der Waals surface area contributed by atoms with Gasteiger partial charge in [0.1, 0.15) is 20.1 Å². The minimum atomic E-state index is -5.64. The van der Waals surface area contributed by atoms with Gasteiger partial charge in [-0.15, -0.1) is 12.3 Å². The van der Waals surface area contributed by atoms with Gasteiger partial charge in [-0.3, -0.25) is 9.32 Å². The molecule has 5 atom stereocenters. The summed E-state index contributed by atoms with van der Waals surface area (Å²) >= 11 is 0. The van der Waals surface area contributed by atoms with Gasteiger partial charge in [-0.25, -0.2) is 13.7 Å². The number of terminal acetylenes is 1. The fraction of sp³-hybridized carbons (Fsp3) is 0.812. The van der Waals surface area contributed by atoms with Crippen LogP contribution in [0.15, 0.2) is 0 Å². The highest BCUT2D eigenvalue weighted by molar-refractivity contribution is 7.66. The maximum absolute atomic E-state index is 12.8. The van der Waals surface area contributed by atoms with E-state index in [4.69, 9.17) is 25.7 Å². The summed E-state index contributed by atoms with van der Waals surface area (Å²) in [4.78, 5) is 48.7. The van der Waals surface area contributed by atoms with Crippen LogP contribution in [0.2, 0.25) is 0 Å². The average Bonchev–Trinajstić information content (AvgIpc) is 2.87. The first-order chi connectivity index (χ1) is 14.7. The van der Waals surface area contributed by atoms with Crippen LogP contribution in [0.3, 0.4) is 0 Å². The molecule has 0 aromatic rings. The van der Waals surface area contributed by atoms with E-state index < -0.39 is 59.7 Å². The van der Waals surface area contributed by atoms with Crippen molar-refractivity contribution in [2.45, 2.75) is 65.2 Å². The molecule has 190 valence electrons. The summed E-state index contributed by atoms with van der Waals surface area (Å²) in [7, 11) is -14.8. The first kappa shape index (κ1) is 30.5. The number of phosphoric ester groups is 1. The number of rotatable bonds is 12. The molecule has 1 fully saturated rings.